The zero-order valence-electron chi connectivity index (χ0n) is 10.7. The molecule has 0 atom stereocenters. The van der Waals surface area contributed by atoms with Gasteiger partial charge < -0.3 is 4.57 Å². The maximum atomic E-state index is 11.0. The standard InChI is InChI=1S/C14H18ClN3O/c15-12-10-18(13-7-4-3-6-11(12)13)9-5-1-2-8-14(19)17-16/h3-4,6-7,10H,1-2,5,8-9,16H2,(H,17,19). The fourth-order valence-corrected chi connectivity index (χ4v) is 2.48. The lowest BCUT2D eigenvalue weighted by Crippen LogP contribution is -2.29. The first-order valence-electron chi connectivity index (χ1n) is 6.45. The highest BCUT2D eigenvalue weighted by molar-refractivity contribution is 6.35. The second kappa shape index (κ2) is 6.59. The summed E-state index contributed by atoms with van der Waals surface area (Å²) < 4.78 is 2.17. The molecule has 0 saturated heterocycles. The number of rotatable bonds is 6. The van der Waals surface area contributed by atoms with Gasteiger partial charge in [0.1, 0.15) is 0 Å². The Balaban J connectivity index is 1.87. The van der Waals surface area contributed by atoms with Crippen molar-refractivity contribution in [2.75, 3.05) is 0 Å². The van der Waals surface area contributed by atoms with E-state index in [1.807, 2.05) is 24.4 Å². The van der Waals surface area contributed by atoms with E-state index in [-0.39, 0.29) is 5.91 Å². The van der Waals surface area contributed by atoms with Crippen LogP contribution < -0.4 is 11.3 Å². The minimum absolute atomic E-state index is 0.102. The Kier molecular flexibility index (Phi) is 4.82. The van der Waals surface area contributed by atoms with Gasteiger partial charge in [0.2, 0.25) is 5.91 Å². The number of halogens is 1. The Hall–Kier alpha value is -1.52. The third kappa shape index (κ3) is 3.49. The van der Waals surface area contributed by atoms with E-state index in [4.69, 9.17) is 17.4 Å². The molecule has 0 bridgehead atoms. The largest absolute Gasteiger partial charge is 0.346 e. The molecule has 0 radical (unpaired) electrons. The van der Waals surface area contributed by atoms with Crippen LogP contribution in [0, 0.1) is 0 Å². The first-order valence-corrected chi connectivity index (χ1v) is 6.83. The van der Waals surface area contributed by atoms with Crippen LogP contribution in [0.3, 0.4) is 0 Å². The SMILES string of the molecule is NNC(=O)CCCCCn1cc(Cl)c2ccccc21. The van der Waals surface area contributed by atoms with Gasteiger partial charge in [-0.1, -0.05) is 36.2 Å². The maximum Gasteiger partial charge on any atom is 0.233 e. The summed E-state index contributed by atoms with van der Waals surface area (Å²) in [6.45, 7) is 0.914. The van der Waals surface area contributed by atoms with Gasteiger partial charge in [0.05, 0.1) is 5.02 Å². The molecule has 0 aliphatic heterocycles. The predicted molar refractivity (Wildman–Crippen MR) is 77.7 cm³/mol. The number of fused-ring (bicyclic) bond motifs is 1. The third-order valence-electron chi connectivity index (χ3n) is 3.20. The highest BCUT2D eigenvalue weighted by Crippen LogP contribution is 2.25. The van der Waals surface area contributed by atoms with Crippen molar-refractivity contribution < 1.29 is 4.79 Å². The molecule has 0 saturated carbocycles. The number of unbranched alkanes of at least 4 members (excludes halogenated alkanes) is 2. The van der Waals surface area contributed by atoms with E-state index in [0.717, 1.165) is 41.7 Å². The highest BCUT2D eigenvalue weighted by Gasteiger charge is 2.05. The van der Waals surface area contributed by atoms with Gasteiger partial charge in [-0.3, -0.25) is 10.2 Å². The third-order valence-corrected chi connectivity index (χ3v) is 3.50. The Morgan fingerprint density at radius 2 is 2.05 bits per heavy atom. The Bertz CT molecular complexity index is 565. The van der Waals surface area contributed by atoms with Crippen molar-refractivity contribution >= 4 is 28.4 Å². The van der Waals surface area contributed by atoms with Crippen LogP contribution in [-0.2, 0) is 11.3 Å². The summed E-state index contributed by atoms with van der Waals surface area (Å²) in [5.74, 6) is 4.92. The fraction of sp³-hybridized carbons (Fsp3) is 0.357. The molecule has 3 N–H and O–H groups in total. The van der Waals surface area contributed by atoms with Crippen LogP contribution in [0.5, 0.6) is 0 Å². The van der Waals surface area contributed by atoms with Gasteiger partial charge in [-0.15, -0.1) is 0 Å². The Morgan fingerprint density at radius 1 is 1.26 bits per heavy atom. The molecule has 0 aliphatic rings. The van der Waals surface area contributed by atoms with Gasteiger partial charge in [0, 0.05) is 30.1 Å². The van der Waals surface area contributed by atoms with Crippen molar-refractivity contribution in [3.05, 3.63) is 35.5 Å². The fourth-order valence-electron chi connectivity index (χ4n) is 2.20. The van der Waals surface area contributed by atoms with E-state index in [0.29, 0.717) is 6.42 Å². The minimum Gasteiger partial charge on any atom is -0.346 e. The quantitative estimate of drug-likeness (QED) is 0.370. The van der Waals surface area contributed by atoms with Crippen LogP contribution in [0.2, 0.25) is 5.02 Å². The maximum absolute atomic E-state index is 11.0. The van der Waals surface area contributed by atoms with Crippen LogP contribution in [0.25, 0.3) is 10.9 Å². The highest BCUT2D eigenvalue weighted by atomic mass is 35.5. The van der Waals surface area contributed by atoms with Gasteiger partial charge >= 0.3 is 0 Å². The van der Waals surface area contributed by atoms with Crippen LogP contribution in [0.4, 0.5) is 0 Å². The minimum atomic E-state index is -0.102. The van der Waals surface area contributed by atoms with Crippen molar-refractivity contribution in [2.24, 2.45) is 5.84 Å². The molecule has 0 spiro atoms. The number of hydrogen-bond donors (Lipinski definition) is 2. The average Bonchev–Trinajstić information content (AvgIpc) is 2.75. The van der Waals surface area contributed by atoms with Crippen molar-refractivity contribution in [1.29, 1.82) is 0 Å². The first kappa shape index (κ1) is 13.9. The van der Waals surface area contributed by atoms with Gasteiger partial charge in [0.15, 0.2) is 0 Å². The second-order valence-corrected chi connectivity index (χ2v) is 4.97. The molecular weight excluding hydrogens is 262 g/mol. The van der Waals surface area contributed by atoms with Crippen molar-refractivity contribution in [1.82, 2.24) is 9.99 Å². The van der Waals surface area contributed by atoms with E-state index in [1.165, 1.54) is 0 Å². The van der Waals surface area contributed by atoms with Crippen molar-refractivity contribution in [2.45, 2.75) is 32.2 Å². The number of hydrazine groups is 1. The van der Waals surface area contributed by atoms with E-state index in [9.17, 15) is 4.79 Å². The molecule has 1 amide bonds. The molecule has 2 rings (SSSR count). The topological polar surface area (TPSA) is 60.0 Å². The lowest BCUT2D eigenvalue weighted by molar-refractivity contribution is -0.121. The number of aryl methyl sites for hydroxylation is 1. The zero-order valence-corrected chi connectivity index (χ0v) is 11.5. The summed E-state index contributed by atoms with van der Waals surface area (Å²) in [5, 5.41) is 1.88. The number of nitrogens with zero attached hydrogens (tertiary/aromatic N) is 1. The normalized spacial score (nSPS) is 10.8. The Labute approximate surface area is 117 Å². The summed E-state index contributed by atoms with van der Waals surface area (Å²) >= 11 is 6.19. The number of carbonyl (C=O) groups is 1. The smallest absolute Gasteiger partial charge is 0.233 e. The van der Waals surface area contributed by atoms with E-state index in [1.54, 1.807) is 0 Å². The molecule has 19 heavy (non-hydrogen) atoms. The molecule has 0 fully saturated rings. The van der Waals surface area contributed by atoms with Gasteiger partial charge in [-0.2, -0.15) is 0 Å². The number of amides is 1. The number of para-hydroxylation sites is 1. The lowest BCUT2D eigenvalue weighted by atomic mass is 10.2. The van der Waals surface area contributed by atoms with Gasteiger partial charge in [-0.05, 0) is 18.9 Å². The van der Waals surface area contributed by atoms with Crippen LogP contribution in [0.15, 0.2) is 30.5 Å². The molecule has 1 aromatic heterocycles. The summed E-state index contributed by atoms with van der Waals surface area (Å²) in [6, 6.07) is 8.10. The Morgan fingerprint density at radius 3 is 2.84 bits per heavy atom. The van der Waals surface area contributed by atoms with Crippen LogP contribution in [0.1, 0.15) is 25.7 Å². The van der Waals surface area contributed by atoms with Crippen molar-refractivity contribution in [3.63, 3.8) is 0 Å². The monoisotopic (exact) mass is 279 g/mol. The molecule has 0 unspecified atom stereocenters. The molecule has 2 aromatic rings. The predicted octanol–water partition coefficient (Wildman–Crippen LogP) is 2.85. The summed E-state index contributed by atoms with van der Waals surface area (Å²) in [4.78, 5) is 11.0. The second-order valence-electron chi connectivity index (χ2n) is 4.57. The molecule has 0 aliphatic carbocycles. The number of nitrogens with one attached hydrogen (secondary N) is 1. The summed E-state index contributed by atoms with van der Waals surface area (Å²) in [6.07, 6.45) is 5.34. The van der Waals surface area contributed by atoms with Crippen LogP contribution >= 0.6 is 11.6 Å². The van der Waals surface area contributed by atoms with Gasteiger partial charge in [-0.25, -0.2) is 5.84 Å². The van der Waals surface area contributed by atoms with E-state index >= 15 is 0 Å². The van der Waals surface area contributed by atoms with E-state index in [2.05, 4.69) is 16.1 Å². The summed E-state index contributed by atoms with van der Waals surface area (Å²) in [7, 11) is 0. The van der Waals surface area contributed by atoms with E-state index < -0.39 is 0 Å². The van der Waals surface area contributed by atoms with Crippen molar-refractivity contribution in [3.8, 4) is 0 Å². The molecule has 5 heteroatoms. The molecule has 1 heterocycles. The number of benzene rings is 1. The molecule has 4 nitrogen and oxygen atoms in total. The number of nitrogens with two attached hydrogens (primary N) is 1. The summed E-state index contributed by atoms with van der Waals surface area (Å²) in [5.41, 5.74) is 3.30. The number of carbonyl (C=O) groups excluding carboxylic acids is 1. The van der Waals surface area contributed by atoms with Gasteiger partial charge in [0.25, 0.3) is 0 Å². The molecule has 1 aromatic carbocycles. The zero-order chi connectivity index (χ0) is 13.7. The van der Waals surface area contributed by atoms with Crippen LogP contribution in [-0.4, -0.2) is 10.5 Å². The molecule has 102 valence electrons. The number of aromatic nitrogens is 1. The number of hydrogen-bond acceptors (Lipinski definition) is 2. The molecular formula is C14H18ClN3O. The average molecular weight is 280 g/mol. The lowest BCUT2D eigenvalue weighted by Gasteiger charge is -2.05. The first-order chi connectivity index (χ1) is 9.22.